The zero-order chi connectivity index (χ0) is 34.9. The highest BCUT2D eigenvalue weighted by Gasteiger charge is 2.32. The first-order chi connectivity index (χ1) is 25.7. The first-order valence-electron chi connectivity index (χ1n) is 18.3. The van der Waals surface area contributed by atoms with Gasteiger partial charge in [0.25, 0.3) is 0 Å². The van der Waals surface area contributed by atoms with Crippen LogP contribution in [-0.4, -0.2) is 11.2 Å². The minimum atomic E-state index is -0.956. The number of rotatable bonds is 8. The van der Waals surface area contributed by atoms with Crippen molar-refractivity contribution in [1.29, 1.82) is 0 Å². The third kappa shape index (κ3) is 6.18. The highest BCUT2D eigenvalue weighted by Crippen LogP contribution is 2.48. The number of benzene rings is 8. The van der Waals surface area contributed by atoms with Crippen molar-refractivity contribution >= 4 is 69.2 Å². The standard InChI is InChI=1S/C49H40OP2/c50-37-31-29-36(33-37)45-34-47(52(40-22-9-3-10-23-40)41-24-11-4-12-25-41)49(44-28-16-15-27-43(44)45)48-42-26-14-13-17-35(42)30-32-46(48)51(38-18-5-1-6-19-38)39-20-7-2-8-21-39/h1-28,30,32,34,36-37,50H,29,31,33H2. The second-order valence-electron chi connectivity index (χ2n) is 13.8. The molecule has 1 saturated carbocycles. The first-order valence-corrected chi connectivity index (χ1v) is 21.0. The predicted octanol–water partition coefficient (Wildman–Crippen LogP) is 9.80. The molecule has 0 aliphatic heterocycles. The smallest absolute Gasteiger partial charge is 0.0546 e. The summed E-state index contributed by atoms with van der Waals surface area (Å²) in [6.07, 6.45) is 2.42. The van der Waals surface area contributed by atoms with E-state index in [9.17, 15) is 5.11 Å². The van der Waals surface area contributed by atoms with Crippen LogP contribution < -0.4 is 31.8 Å². The fourth-order valence-electron chi connectivity index (χ4n) is 8.28. The Hall–Kier alpha value is -4.90. The van der Waals surface area contributed by atoms with E-state index in [1.807, 2.05) is 0 Å². The summed E-state index contributed by atoms with van der Waals surface area (Å²) in [7, 11) is -1.86. The number of aliphatic hydroxyl groups is 1. The molecule has 2 unspecified atom stereocenters. The molecule has 0 radical (unpaired) electrons. The molecule has 2 atom stereocenters. The molecular formula is C49H40OP2. The zero-order valence-corrected chi connectivity index (χ0v) is 30.8. The van der Waals surface area contributed by atoms with Crippen molar-refractivity contribution in [1.82, 2.24) is 0 Å². The van der Waals surface area contributed by atoms with Gasteiger partial charge < -0.3 is 5.11 Å². The third-order valence-electron chi connectivity index (χ3n) is 10.6. The Morgan fingerprint density at radius 1 is 0.404 bits per heavy atom. The van der Waals surface area contributed by atoms with Crippen molar-refractivity contribution in [2.75, 3.05) is 0 Å². The second kappa shape index (κ2) is 14.6. The molecular weight excluding hydrogens is 666 g/mol. The Bertz CT molecular complexity index is 2390. The lowest BCUT2D eigenvalue weighted by atomic mass is 9.87. The monoisotopic (exact) mass is 706 g/mol. The molecule has 8 aromatic rings. The number of hydrogen-bond acceptors (Lipinski definition) is 1. The predicted molar refractivity (Wildman–Crippen MR) is 227 cm³/mol. The highest BCUT2D eigenvalue weighted by molar-refractivity contribution is 7.80. The first kappa shape index (κ1) is 33.0. The highest BCUT2D eigenvalue weighted by atomic mass is 31.1. The average Bonchev–Trinajstić information content (AvgIpc) is 3.65. The second-order valence-corrected chi connectivity index (χ2v) is 18.1. The van der Waals surface area contributed by atoms with Crippen LogP contribution in [0.25, 0.3) is 32.7 Å². The minimum Gasteiger partial charge on any atom is -0.393 e. The van der Waals surface area contributed by atoms with Crippen LogP contribution in [0.3, 0.4) is 0 Å². The quantitative estimate of drug-likeness (QED) is 0.156. The summed E-state index contributed by atoms with van der Waals surface area (Å²) in [5.41, 5.74) is 4.05. The molecule has 1 N–H and O–H groups in total. The van der Waals surface area contributed by atoms with Crippen molar-refractivity contribution < 1.29 is 5.11 Å². The molecule has 0 saturated heterocycles. The average molecular weight is 707 g/mol. The Balaban J connectivity index is 1.45. The van der Waals surface area contributed by atoms with Crippen LogP contribution in [0.5, 0.6) is 0 Å². The molecule has 1 aliphatic carbocycles. The van der Waals surface area contributed by atoms with Gasteiger partial charge in [0.2, 0.25) is 0 Å². The minimum absolute atomic E-state index is 0.249. The van der Waals surface area contributed by atoms with Crippen molar-refractivity contribution in [3.63, 3.8) is 0 Å². The van der Waals surface area contributed by atoms with Gasteiger partial charge in [-0.15, -0.1) is 0 Å². The van der Waals surface area contributed by atoms with Crippen LogP contribution in [0.2, 0.25) is 0 Å². The maximum atomic E-state index is 10.8. The van der Waals surface area contributed by atoms with E-state index in [1.165, 1.54) is 70.1 Å². The molecule has 52 heavy (non-hydrogen) atoms. The van der Waals surface area contributed by atoms with Crippen LogP contribution >= 0.6 is 15.8 Å². The molecule has 1 nitrogen and oxygen atoms in total. The number of fused-ring (bicyclic) bond motifs is 2. The van der Waals surface area contributed by atoms with Gasteiger partial charge in [-0.3, -0.25) is 0 Å². The maximum absolute atomic E-state index is 10.8. The van der Waals surface area contributed by atoms with Gasteiger partial charge in [0.1, 0.15) is 0 Å². The number of aliphatic hydroxyl groups excluding tert-OH is 1. The lowest BCUT2D eigenvalue weighted by molar-refractivity contribution is 0.181. The van der Waals surface area contributed by atoms with Crippen LogP contribution in [0.1, 0.15) is 30.7 Å². The van der Waals surface area contributed by atoms with Gasteiger partial charge in [0, 0.05) is 0 Å². The van der Waals surface area contributed by atoms with E-state index in [0.717, 1.165) is 19.3 Å². The molecule has 0 aromatic heterocycles. The molecule has 0 amide bonds. The zero-order valence-electron chi connectivity index (χ0n) is 29.0. The Morgan fingerprint density at radius 2 is 0.846 bits per heavy atom. The summed E-state index contributed by atoms with van der Waals surface area (Å²) < 4.78 is 0. The topological polar surface area (TPSA) is 20.2 Å². The lowest BCUT2D eigenvalue weighted by Gasteiger charge is -2.30. The summed E-state index contributed by atoms with van der Waals surface area (Å²) in [6.45, 7) is 0. The van der Waals surface area contributed by atoms with Crippen molar-refractivity contribution in [3.05, 3.63) is 194 Å². The lowest BCUT2D eigenvalue weighted by Crippen LogP contribution is -2.26. The van der Waals surface area contributed by atoms with Crippen molar-refractivity contribution in [2.45, 2.75) is 31.3 Å². The van der Waals surface area contributed by atoms with Gasteiger partial charge >= 0.3 is 0 Å². The molecule has 252 valence electrons. The SMILES string of the molecule is OC1CCC(c2cc(P(c3ccccc3)c3ccccc3)c(-c3c(P(c4ccccc4)c4ccccc4)ccc4ccccc34)c3ccccc23)C1. The molecule has 3 heteroatoms. The van der Waals surface area contributed by atoms with Gasteiger partial charge in [-0.05, 0) is 117 Å². The summed E-state index contributed by atoms with van der Waals surface area (Å²) >= 11 is 0. The van der Waals surface area contributed by atoms with E-state index < -0.39 is 15.8 Å². The van der Waals surface area contributed by atoms with E-state index in [0.29, 0.717) is 5.92 Å². The maximum Gasteiger partial charge on any atom is 0.0546 e. The summed E-state index contributed by atoms with van der Waals surface area (Å²) in [6, 6.07) is 70.0. The van der Waals surface area contributed by atoms with Crippen LogP contribution in [0.4, 0.5) is 0 Å². The normalized spacial score (nSPS) is 15.9. The van der Waals surface area contributed by atoms with Gasteiger partial charge in [-0.25, -0.2) is 0 Å². The van der Waals surface area contributed by atoms with Crippen molar-refractivity contribution in [2.24, 2.45) is 0 Å². The van der Waals surface area contributed by atoms with E-state index in [-0.39, 0.29) is 6.10 Å². The molecule has 8 aromatic carbocycles. The Kier molecular flexibility index (Phi) is 9.27. The van der Waals surface area contributed by atoms with Crippen LogP contribution in [0.15, 0.2) is 188 Å². The van der Waals surface area contributed by atoms with Crippen LogP contribution in [0, 0.1) is 0 Å². The number of hydrogen-bond donors (Lipinski definition) is 1. The van der Waals surface area contributed by atoms with E-state index in [4.69, 9.17) is 0 Å². The van der Waals surface area contributed by atoms with Gasteiger partial charge in [0.15, 0.2) is 0 Å². The van der Waals surface area contributed by atoms with Crippen LogP contribution in [-0.2, 0) is 0 Å². The van der Waals surface area contributed by atoms with Gasteiger partial charge in [0.05, 0.1) is 6.10 Å². The Morgan fingerprint density at radius 3 is 1.37 bits per heavy atom. The molecule has 0 heterocycles. The molecule has 0 bridgehead atoms. The fraction of sp³-hybridized carbons (Fsp3) is 0.102. The molecule has 9 rings (SSSR count). The summed E-state index contributed by atoms with van der Waals surface area (Å²) in [5, 5.41) is 24.1. The van der Waals surface area contributed by atoms with E-state index in [1.54, 1.807) is 0 Å². The Labute approximate surface area is 309 Å². The van der Waals surface area contributed by atoms with Gasteiger partial charge in [-0.1, -0.05) is 182 Å². The molecule has 0 spiro atoms. The van der Waals surface area contributed by atoms with E-state index >= 15 is 0 Å². The van der Waals surface area contributed by atoms with Gasteiger partial charge in [-0.2, -0.15) is 0 Å². The summed E-state index contributed by atoms with van der Waals surface area (Å²) in [5.74, 6) is 0.314. The largest absolute Gasteiger partial charge is 0.393 e. The van der Waals surface area contributed by atoms with E-state index in [2.05, 4.69) is 188 Å². The molecule has 1 aliphatic rings. The van der Waals surface area contributed by atoms with Crippen molar-refractivity contribution in [3.8, 4) is 11.1 Å². The third-order valence-corrected chi connectivity index (χ3v) is 15.5. The summed E-state index contributed by atoms with van der Waals surface area (Å²) in [4.78, 5) is 0. The fourth-order valence-corrected chi connectivity index (χ4v) is 13.3. The molecule has 1 fully saturated rings.